The number of halogens is 1. The van der Waals surface area contributed by atoms with Gasteiger partial charge in [-0.25, -0.2) is 4.79 Å². The van der Waals surface area contributed by atoms with E-state index < -0.39 is 23.2 Å². The van der Waals surface area contributed by atoms with Gasteiger partial charge in [-0.15, -0.1) is 11.8 Å². The lowest BCUT2D eigenvalue weighted by Crippen LogP contribution is -2.45. The number of methoxy groups -OCH3 is 1. The van der Waals surface area contributed by atoms with Crippen molar-refractivity contribution in [3.05, 3.63) is 59.2 Å². The Morgan fingerprint density at radius 3 is 2.87 bits per heavy atom. The van der Waals surface area contributed by atoms with Crippen LogP contribution >= 0.6 is 23.4 Å². The van der Waals surface area contributed by atoms with Crippen LogP contribution in [0.25, 0.3) is 10.9 Å². The second kappa shape index (κ2) is 9.03. The lowest BCUT2D eigenvalue weighted by molar-refractivity contribution is -0.145. The molecule has 1 aliphatic rings. The Bertz CT molecular complexity index is 1160. The van der Waals surface area contributed by atoms with Crippen molar-refractivity contribution in [2.75, 3.05) is 12.4 Å². The molecule has 7 nitrogen and oxygen atoms in total. The predicted octanol–water partition coefficient (Wildman–Crippen LogP) is 3.52. The monoisotopic (exact) mass is 457 g/mol. The van der Waals surface area contributed by atoms with Crippen molar-refractivity contribution in [2.45, 2.75) is 29.0 Å². The zero-order valence-electron chi connectivity index (χ0n) is 16.6. The summed E-state index contributed by atoms with van der Waals surface area (Å²) in [5.74, 6) is -1.22. The molecule has 0 fully saturated rings. The van der Waals surface area contributed by atoms with Crippen LogP contribution in [0.1, 0.15) is 12.0 Å². The number of aromatic nitrogens is 1. The molecule has 2 atom stereocenters. The minimum Gasteiger partial charge on any atom is -0.467 e. The number of aromatic amines is 1. The number of thioether (sulfide) groups is 1. The van der Waals surface area contributed by atoms with Crippen molar-refractivity contribution < 1.29 is 19.1 Å². The van der Waals surface area contributed by atoms with E-state index in [1.54, 1.807) is 18.2 Å². The number of benzene rings is 2. The van der Waals surface area contributed by atoms with Crippen LogP contribution in [0.15, 0.2) is 53.6 Å². The molecule has 3 aromatic rings. The zero-order chi connectivity index (χ0) is 22.0. The third kappa shape index (κ3) is 4.70. The van der Waals surface area contributed by atoms with E-state index in [-0.39, 0.29) is 18.7 Å². The van der Waals surface area contributed by atoms with Crippen LogP contribution in [0.4, 0.5) is 5.69 Å². The molecule has 3 N–H and O–H groups in total. The van der Waals surface area contributed by atoms with E-state index in [1.165, 1.54) is 18.9 Å². The van der Waals surface area contributed by atoms with E-state index in [4.69, 9.17) is 16.3 Å². The van der Waals surface area contributed by atoms with Crippen LogP contribution in [0.3, 0.4) is 0 Å². The van der Waals surface area contributed by atoms with Crippen LogP contribution in [-0.2, 0) is 25.5 Å². The van der Waals surface area contributed by atoms with Gasteiger partial charge in [0.25, 0.3) is 0 Å². The lowest BCUT2D eigenvalue weighted by Gasteiger charge is -2.24. The predicted molar refractivity (Wildman–Crippen MR) is 120 cm³/mol. The number of hydrogen-bond donors (Lipinski definition) is 3. The standard InChI is InChI=1S/C22H20ClN3O4S/c1-30-22(29)17(8-12-11-24-15-5-3-2-4-14(12)15)25-20(27)10-19-21(28)26-16-9-13(23)6-7-18(16)31-19/h2-7,9,11,17,19,24H,8,10H2,1H3,(H,25,27)(H,26,28)/t17-,19?/m1/s1. The number of carbonyl (C=O) groups is 3. The maximum atomic E-state index is 12.7. The molecular formula is C22H20ClN3O4S. The van der Waals surface area contributed by atoms with Gasteiger partial charge >= 0.3 is 5.97 Å². The fraction of sp³-hybridized carbons (Fsp3) is 0.227. The van der Waals surface area contributed by atoms with E-state index in [9.17, 15) is 14.4 Å². The molecule has 2 amide bonds. The normalized spacial score (nSPS) is 16.3. The largest absolute Gasteiger partial charge is 0.467 e. The lowest BCUT2D eigenvalue weighted by atomic mass is 10.0. The van der Waals surface area contributed by atoms with Gasteiger partial charge in [0.2, 0.25) is 11.8 Å². The van der Waals surface area contributed by atoms with Gasteiger partial charge in [-0.2, -0.15) is 0 Å². The second-order valence-electron chi connectivity index (χ2n) is 7.15. The third-order valence-electron chi connectivity index (χ3n) is 5.05. The van der Waals surface area contributed by atoms with E-state index in [1.807, 2.05) is 30.5 Å². The molecular weight excluding hydrogens is 438 g/mol. The molecule has 0 radical (unpaired) electrons. The Labute approximate surface area is 187 Å². The number of esters is 1. The smallest absolute Gasteiger partial charge is 0.328 e. The molecule has 2 heterocycles. The number of para-hydroxylation sites is 1. The molecule has 160 valence electrons. The molecule has 0 spiro atoms. The van der Waals surface area contributed by atoms with Crippen molar-refractivity contribution in [3.63, 3.8) is 0 Å². The van der Waals surface area contributed by atoms with Crippen LogP contribution in [0.2, 0.25) is 5.02 Å². The molecule has 1 aromatic heterocycles. The minimum atomic E-state index is -0.862. The first-order valence-electron chi connectivity index (χ1n) is 9.64. The Kier molecular flexibility index (Phi) is 6.20. The summed E-state index contributed by atoms with van der Waals surface area (Å²) in [4.78, 5) is 41.5. The Balaban J connectivity index is 1.45. The fourth-order valence-electron chi connectivity index (χ4n) is 3.53. The van der Waals surface area contributed by atoms with Crippen molar-refractivity contribution >= 4 is 57.7 Å². The summed E-state index contributed by atoms with van der Waals surface area (Å²) in [6, 6.07) is 12.1. The first-order valence-corrected chi connectivity index (χ1v) is 10.9. The molecule has 9 heteroatoms. The molecule has 1 aliphatic heterocycles. The number of rotatable bonds is 6. The highest BCUT2D eigenvalue weighted by Gasteiger charge is 2.31. The number of H-pyrrole nitrogens is 1. The molecule has 0 bridgehead atoms. The summed E-state index contributed by atoms with van der Waals surface area (Å²) >= 11 is 7.27. The van der Waals surface area contributed by atoms with Gasteiger partial charge in [0.1, 0.15) is 6.04 Å². The molecule has 31 heavy (non-hydrogen) atoms. The Hall–Kier alpha value is -2.97. The summed E-state index contributed by atoms with van der Waals surface area (Å²) in [6.45, 7) is 0. The van der Waals surface area contributed by atoms with Crippen LogP contribution < -0.4 is 10.6 Å². The highest BCUT2D eigenvalue weighted by molar-refractivity contribution is 8.01. The van der Waals surface area contributed by atoms with Crippen LogP contribution in [0.5, 0.6) is 0 Å². The van der Waals surface area contributed by atoms with E-state index in [0.717, 1.165) is 21.4 Å². The van der Waals surface area contributed by atoms with Crippen molar-refractivity contribution in [2.24, 2.45) is 0 Å². The molecule has 0 saturated carbocycles. The summed E-state index contributed by atoms with van der Waals surface area (Å²) in [5, 5.41) is 6.40. The highest BCUT2D eigenvalue weighted by Crippen LogP contribution is 2.38. The average molecular weight is 458 g/mol. The first kappa shape index (κ1) is 21.3. The van der Waals surface area contributed by atoms with Gasteiger partial charge in [-0.05, 0) is 29.8 Å². The number of anilines is 1. The molecule has 0 aliphatic carbocycles. The quantitative estimate of drug-likeness (QED) is 0.492. The highest BCUT2D eigenvalue weighted by atomic mass is 35.5. The molecule has 2 aromatic carbocycles. The van der Waals surface area contributed by atoms with Gasteiger partial charge in [0.15, 0.2) is 0 Å². The van der Waals surface area contributed by atoms with Gasteiger partial charge in [-0.1, -0.05) is 29.8 Å². The van der Waals surface area contributed by atoms with Crippen LogP contribution in [-0.4, -0.2) is 41.2 Å². The molecule has 4 rings (SSSR count). The average Bonchev–Trinajstić information content (AvgIpc) is 3.16. The summed E-state index contributed by atoms with van der Waals surface area (Å²) in [6.07, 6.45) is 2.02. The summed E-state index contributed by atoms with van der Waals surface area (Å²) in [5.41, 5.74) is 2.47. The number of hydrogen-bond acceptors (Lipinski definition) is 5. The van der Waals surface area contributed by atoms with E-state index in [2.05, 4.69) is 15.6 Å². The number of carbonyl (C=O) groups excluding carboxylic acids is 3. The van der Waals surface area contributed by atoms with E-state index >= 15 is 0 Å². The van der Waals surface area contributed by atoms with Crippen molar-refractivity contribution in [3.8, 4) is 0 Å². The third-order valence-corrected chi connectivity index (χ3v) is 6.56. The number of amides is 2. The molecule has 0 saturated heterocycles. The topological polar surface area (TPSA) is 100 Å². The van der Waals surface area contributed by atoms with Crippen molar-refractivity contribution in [1.82, 2.24) is 10.3 Å². The van der Waals surface area contributed by atoms with Gasteiger partial charge in [0.05, 0.1) is 18.0 Å². The van der Waals surface area contributed by atoms with Gasteiger partial charge in [-0.3, -0.25) is 9.59 Å². The van der Waals surface area contributed by atoms with Crippen molar-refractivity contribution in [1.29, 1.82) is 0 Å². The summed E-state index contributed by atoms with van der Waals surface area (Å²) in [7, 11) is 1.28. The fourth-order valence-corrected chi connectivity index (χ4v) is 4.80. The van der Waals surface area contributed by atoms with Gasteiger partial charge in [0, 0.05) is 39.9 Å². The first-order chi connectivity index (χ1) is 14.9. The SMILES string of the molecule is COC(=O)[C@@H](Cc1c[nH]c2ccccc12)NC(=O)CC1Sc2ccc(Cl)cc2NC1=O. The van der Waals surface area contributed by atoms with Gasteiger partial charge < -0.3 is 20.4 Å². The number of ether oxygens (including phenoxy) is 1. The molecule has 1 unspecified atom stereocenters. The van der Waals surface area contributed by atoms with Crippen LogP contribution in [0, 0.1) is 0 Å². The second-order valence-corrected chi connectivity index (χ2v) is 8.83. The summed E-state index contributed by atoms with van der Waals surface area (Å²) < 4.78 is 4.88. The number of nitrogens with one attached hydrogen (secondary N) is 3. The zero-order valence-corrected chi connectivity index (χ0v) is 18.2. The minimum absolute atomic E-state index is 0.0695. The number of fused-ring (bicyclic) bond motifs is 2. The Morgan fingerprint density at radius 2 is 2.06 bits per heavy atom. The van der Waals surface area contributed by atoms with E-state index in [0.29, 0.717) is 10.7 Å². The maximum Gasteiger partial charge on any atom is 0.328 e. The Morgan fingerprint density at radius 1 is 1.26 bits per heavy atom. The maximum absolute atomic E-state index is 12.7.